The van der Waals surface area contributed by atoms with Gasteiger partial charge >= 0.3 is 0 Å². The van der Waals surface area contributed by atoms with Gasteiger partial charge in [-0.3, -0.25) is 4.57 Å². The third kappa shape index (κ3) is 4.00. The van der Waals surface area contributed by atoms with Crippen LogP contribution >= 0.6 is 22.7 Å². The van der Waals surface area contributed by atoms with E-state index in [1.165, 1.54) is 57.5 Å². The second-order valence-electron chi connectivity index (χ2n) is 12.6. The summed E-state index contributed by atoms with van der Waals surface area (Å²) in [6.45, 7) is 0. The number of benzene rings is 7. The molecule has 11 rings (SSSR count). The van der Waals surface area contributed by atoms with Crippen LogP contribution in [0, 0.1) is 0 Å². The van der Waals surface area contributed by atoms with Crippen molar-refractivity contribution >= 4 is 95.7 Å². The van der Waals surface area contributed by atoms with Gasteiger partial charge in [-0.2, -0.15) is 0 Å². The van der Waals surface area contributed by atoms with Gasteiger partial charge < -0.3 is 0 Å². The van der Waals surface area contributed by atoms with Crippen LogP contribution in [0.2, 0.25) is 0 Å². The minimum atomic E-state index is 0.687. The van der Waals surface area contributed by atoms with Gasteiger partial charge in [0, 0.05) is 52.0 Å². The van der Waals surface area contributed by atoms with Crippen LogP contribution in [0.4, 0.5) is 0 Å². The van der Waals surface area contributed by atoms with Crippen LogP contribution in [0.15, 0.2) is 152 Å². The predicted molar refractivity (Wildman–Crippen MR) is 211 cm³/mol. The smallest absolute Gasteiger partial charge is 0.235 e. The molecule has 3 nitrogen and oxygen atoms in total. The van der Waals surface area contributed by atoms with E-state index in [1.807, 2.05) is 11.3 Å². The van der Waals surface area contributed by atoms with Gasteiger partial charge in [-0.15, -0.1) is 22.7 Å². The highest BCUT2D eigenvalue weighted by molar-refractivity contribution is 7.27. The zero-order chi connectivity index (χ0) is 32.1. The molecule has 0 aliphatic carbocycles. The third-order valence-electron chi connectivity index (χ3n) is 9.83. The fourth-order valence-electron chi connectivity index (χ4n) is 7.51. The Balaban J connectivity index is 1.22. The van der Waals surface area contributed by atoms with Crippen LogP contribution in [0.5, 0.6) is 0 Å². The van der Waals surface area contributed by atoms with Crippen molar-refractivity contribution in [3.05, 3.63) is 152 Å². The number of thiophene rings is 2. The Kier molecular flexibility index (Phi) is 5.70. The van der Waals surface area contributed by atoms with E-state index < -0.39 is 0 Å². The number of hydrogen-bond donors (Lipinski definition) is 0. The van der Waals surface area contributed by atoms with Crippen molar-refractivity contribution in [2.45, 2.75) is 0 Å². The average Bonchev–Trinajstić information content (AvgIpc) is 3.84. The molecule has 4 heterocycles. The lowest BCUT2D eigenvalue weighted by Gasteiger charge is -2.11. The molecule has 0 aliphatic heterocycles. The second-order valence-corrected chi connectivity index (χ2v) is 14.7. The van der Waals surface area contributed by atoms with Crippen LogP contribution in [0.3, 0.4) is 0 Å². The maximum Gasteiger partial charge on any atom is 0.235 e. The Morgan fingerprint density at radius 1 is 0.408 bits per heavy atom. The van der Waals surface area contributed by atoms with E-state index in [4.69, 9.17) is 9.97 Å². The van der Waals surface area contributed by atoms with Crippen molar-refractivity contribution in [1.82, 2.24) is 14.5 Å². The molecular formula is C44H25N3S2. The zero-order valence-corrected chi connectivity index (χ0v) is 27.7. The van der Waals surface area contributed by atoms with Gasteiger partial charge in [-0.25, -0.2) is 9.97 Å². The van der Waals surface area contributed by atoms with Gasteiger partial charge in [0.2, 0.25) is 5.95 Å². The Hall–Kier alpha value is -5.88. The fourth-order valence-corrected chi connectivity index (χ4v) is 9.89. The van der Waals surface area contributed by atoms with Crippen molar-refractivity contribution in [1.29, 1.82) is 0 Å². The lowest BCUT2D eigenvalue weighted by Crippen LogP contribution is -2.02. The Morgan fingerprint density at radius 3 is 1.90 bits per heavy atom. The van der Waals surface area contributed by atoms with E-state index in [2.05, 4.69) is 156 Å². The quantitative estimate of drug-likeness (QED) is 0.189. The highest BCUT2D eigenvalue weighted by Gasteiger charge is 2.21. The number of aromatic nitrogens is 3. The molecule has 0 atom stereocenters. The van der Waals surface area contributed by atoms with Gasteiger partial charge in [0.05, 0.1) is 26.9 Å². The van der Waals surface area contributed by atoms with E-state index in [0.29, 0.717) is 5.95 Å². The van der Waals surface area contributed by atoms with Crippen LogP contribution < -0.4 is 0 Å². The summed E-state index contributed by atoms with van der Waals surface area (Å²) in [6.07, 6.45) is 0. The molecule has 0 unspecified atom stereocenters. The molecule has 0 saturated carbocycles. The maximum atomic E-state index is 5.45. The Labute approximate surface area is 289 Å². The maximum absolute atomic E-state index is 5.45. The highest BCUT2D eigenvalue weighted by atomic mass is 32.1. The van der Waals surface area contributed by atoms with E-state index in [-0.39, 0.29) is 0 Å². The van der Waals surface area contributed by atoms with Gasteiger partial charge in [0.15, 0.2) is 0 Å². The monoisotopic (exact) mass is 659 g/mol. The number of hydrogen-bond acceptors (Lipinski definition) is 4. The fraction of sp³-hybridized carbons (Fsp3) is 0. The molecule has 0 bridgehead atoms. The normalized spacial score (nSPS) is 12.1. The molecule has 0 aliphatic rings. The van der Waals surface area contributed by atoms with E-state index in [9.17, 15) is 0 Å². The predicted octanol–water partition coefficient (Wildman–Crippen LogP) is 12.8. The highest BCUT2D eigenvalue weighted by Crippen LogP contribution is 2.43. The van der Waals surface area contributed by atoms with Crippen LogP contribution in [0.25, 0.3) is 101 Å². The molecule has 0 N–H and O–H groups in total. The minimum Gasteiger partial charge on any atom is -0.278 e. The number of para-hydroxylation sites is 1. The number of fused-ring (bicyclic) bond motifs is 11. The van der Waals surface area contributed by atoms with Crippen molar-refractivity contribution in [2.24, 2.45) is 0 Å². The van der Waals surface area contributed by atoms with E-state index >= 15 is 0 Å². The van der Waals surface area contributed by atoms with Crippen molar-refractivity contribution < 1.29 is 0 Å². The Morgan fingerprint density at radius 2 is 1.06 bits per heavy atom. The summed E-state index contributed by atoms with van der Waals surface area (Å²) in [5.74, 6) is 0.687. The largest absolute Gasteiger partial charge is 0.278 e. The number of rotatable bonds is 3. The molecule has 0 saturated heterocycles. The second kappa shape index (κ2) is 10.3. The summed E-state index contributed by atoms with van der Waals surface area (Å²) in [4.78, 5) is 10.9. The summed E-state index contributed by atoms with van der Waals surface area (Å²) >= 11 is 3.64. The molecule has 49 heavy (non-hydrogen) atoms. The van der Waals surface area contributed by atoms with E-state index in [1.54, 1.807) is 11.3 Å². The van der Waals surface area contributed by atoms with Gasteiger partial charge in [-0.05, 0) is 46.8 Å². The summed E-state index contributed by atoms with van der Waals surface area (Å²) in [5, 5.41) is 8.68. The first kappa shape index (κ1) is 27.1. The van der Waals surface area contributed by atoms with Crippen molar-refractivity contribution in [3.63, 3.8) is 0 Å². The SMILES string of the molecule is c1ccc(-c2ccc(-c3nc(-n4c5ccccc5c5cc6ccc7c8ccccc8sc7c6cc54)nc4c3sc3ccccc34)cc2)cc1. The van der Waals surface area contributed by atoms with Gasteiger partial charge in [0.1, 0.15) is 0 Å². The average molecular weight is 660 g/mol. The zero-order valence-electron chi connectivity index (χ0n) is 26.1. The standard InChI is InChI=1S/C44H25N3S2/c1-2-10-26(11-3-1)27-18-20-28(21-19-27)40-43-41(33-14-6-9-17-39(33)49-43)46-44(45-40)47-36-15-7-4-12-30(36)35-24-29-22-23-32-31-13-5-8-16-38(31)48-42(32)34(29)25-37(35)47/h1-25H. The molecule has 0 spiro atoms. The summed E-state index contributed by atoms with van der Waals surface area (Å²) in [6, 6.07) is 54.6. The lowest BCUT2D eigenvalue weighted by molar-refractivity contribution is 1.02. The first-order valence-electron chi connectivity index (χ1n) is 16.4. The number of nitrogens with zero attached hydrogens (tertiary/aromatic N) is 3. The summed E-state index contributed by atoms with van der Waals surface area (Å²) in [5.41, 5.74) is 7.64. The summed E-state index contributed by atoms with van der Waals surface area (Å²) in [7, 11) is 0. The van der Waals surface area contributed by atoms with Gasteiger partial charge in [0.25, 0.3) is 0 Å². The lowest BCUT2D eigenvalue weighted by atomic mass is 10.0. The van der Waals surface area contributed by atoms with Crippen LogP contribution in [-0.4, -0.2) is 14.5 Å². The first-order chi connectivity index (χ1) is 24.3. The molecule has 0 amide bonds. The summed E-state index contributed by atoms with van der Waals surface area (Å²) < 4.78 is 7.23. The molecule has 11 aromatic rings. The van der Waals surface area contributed by atoms with Crippen LogP contribution in [-0.2, 0) is 0 Å². The first-order valence-corrected chi connectivity index (χ1v) is 18.0. The molecule has 7 aromatic carbocycles. The topological polar surface area (TPSA) is 30.7 Å². The van der Waals surface area contributed by atoms with Crippen molar-refractivity contribution in [3.8, 4) is 28.3 Å². The minimum absolute atomic E-state index is 0.687. The molecule has 5 heteroatoms. The van der Waals surface area contributed by atoms with Crippen LogP contribution in [0.1, 0.15) is 0 Å². The molecular weight excluding hydrogens is 635 g/mol. The Bertz CT molecular complexity index is 3090. The van der Waals surface area contributed by atoms with Crippen molar-refractivity contribution in [2.75, 3.05) is 0 Å². The molecule has 0 radical (unpaired) electrons. The van der Waals surface area contributed by atoms with E-state index in [0.717, 1.165) is 37.9 Å². The molecule has 4 aromatic heterocycles. The molecule has 228 valence electrons. The van der Waals surface area contributed by atoms with Gasteiger partial charge in [-0.1, -0.05) is 121 Å². The molecule has 0 fully saturated rings. The third-order valence-corrected chi connectivity index (χ3v) is 12.2.